The zero-order chi connectivity index (χ0) is 35.6. The van der Waals surface area contributed by atoms with Crippen LogP contribution in [0.15, 0.2) is 84.0 Å². The summed E-state index contributed by atoms with van der Waals surface area (Å²) in [5.41, 5.74) is 21.4. The number of aromatic nitrogens is 1. The van der Waals surface area contributed by atoms with Crippen molar-refractivity contribution in [1.82, 2.24) is 26.3 Å². The van der Waals surface area contributed by atoms with Gasteiger partial charge in [-0.1, -0.05) is 54.6 Å². The fourth-order valence-electron chi connectivity index (χ4n) is 6.04. The van der Waals surface area contributed by atoms with Crippen LogP contribution in [-0.4, -0.2) is 65.3 Å². The molecule has 1 aliphatic rings. The number of amides is 4. The number of benzene rings is 3. The molecule has 1 aliphatic heterocycles. The van der Waals surface area contributed by atoms with Crippen molar-refractivity contribution in [3.8, 4) is 0 Å². The van der Waals surface area contributed by atoms with Gasteiger partial charge in [0.05, 0.1) is 6.04 Å². The van der Waals surface area contributed by atoms with Gasteiger partial charge in [0.15, 0.2) is 5.96 Å². The number of guanidine groups is 1. The van der Waals surface area contributed by atoms with Crippen LogP contribution in [0.5, 0.6) is 0 Å². The Bertz CT molecular complexity index is 1860. The smallest absolute Gasteiger partial charge is 0.243 e. The molecule has 13 nitrogen and oxygen atoms in total. The number of halogens is 1. The molecular weight excluding hydrogens is 749 g/mol. The zero-order valence-electron chi connectivity index (χ0n) is 27.5. The third kappa shape index (κ3) is 9.81. The minimum absolute atomic E-state index is 0.0956. The number of rotatable bonds is 15. The molecule has 1 aromatic heterocycles. The monoisotopic (exact) mass is 791 g/mol. The molecule has 0 fully saturated rings. The molecule has 3 aromatic carbocycles. The van der Waals surface area contributed by atoms with Gasteiger partial charge in [-0.3, -0.25) is 24.2 Å². The maximum Gasteiger partial charge on any atom is 0.243 e. The summed E-state index contributed by atoms with van der Waals surface area (Å²) in [6.45, 7) is 0.744. The minimum atomic E-state index is -1.09. The number of para-hydroxylation sites is 1. The van der Waals surface area contributed by atoms with E-state index >= 15 is 0 Å². The van der Waals surface area contributed by atoms with Crippen LogP contribution >= 0.6 is 22.6 Å². The molecule has 4 amide bonds. The van der Waals surface area contributed by atoms with Crippen molar-refractivity contribution in [2.45, 2.75) is 62.8 Å². The first-order valence-corrected chi connectivity index (χ1v) is 17.5. The molecule has 0 unspecified atom stereocenters. The lowest BCUT2D eigenvalue weighted by Crippen LogP contribution is -2.59. The van der Waals surface area contributed by atoms with Crippen molar-refractivity contribution in [1.29, 1.82) is 0 Å². The van der Waals surface area contributed by atoms with Crippen molar-refractivity contribution in [2.24, 2.45) is 22.2 Å². The highest BCUT2D eigenvalue weighted by atomic mass is 127. The quantitative estimate of drug-likeness (QED) is 0.0381. The van der Waals surface area contributed by atoms with E-state index in [2.05, 4.69) is 53.8 Å². The molecule has 0 bridgehead atoms. The predicted octanol–water partition coefficient (Wildman–Crippen LogP) is 1.27. The molecule has 11 N–H and O–H groups in total. The molecule has 5 rings (SSSR count). The summed E-state index contributed by atoms with van der Waals surface area (Å²) in [6, 6.07) is 19.4. The Balaban J connectivity index is 1.33. The van der Waals surface area contributed by atoms with Gasteiger partial charge in [-0.25, -0.2) is 0 Å². The van der Waals surface area contributed by atoms with E-state index in [0.29, 0.717) is 19.4 Å². The van der Waals surface area contributed by atoms with E-state index < -0.39 is 41.9 Å². The normalized spacial score (nSPS) is 15.6. The van der Waals surface area contributed by atoms with Gasteiger partial charge in [0.1, 0.15) is 18.1 Å². The largest absolute Gasteiger partial charge is 0.370 e. The molecule has 0 radical (unpaired) electrons. The molecule has 0 saturated carbocycles. The first-order chi connectivity index (χ1) is 24.1. The van der Waals surface area contributed by atoms with Crippen LogP contribution in [0, 0.1) is 3.57 Å². The Labute approximate surface area is 303 Å². The third-order valence-corrected chi connectivity index (χ3v) is 9.44. The fraction of sp³-hybridized carbons (Fsp3) is 0.306. The summed E-state index contributed by atoms with van der Waals surface area (Å²) in [7, 11) is 0. The number of fused-ring (bicyclic) bond motifs is 2. The molecular formula is C36H42IN9O4. The number of H-pyrrole nitrogens is 1. The minimum Gasteiger partial charge on any atom is -0.370 e. The topological polar surface area (TPSA) is 223 Å². The van der Waals surface area contributed by atoms with Gasteiger partial charge in [0.2, 0.25) is 23.6 Å². The summed E-state index contributed by atoms with van der Waals surface area (Å²) in [6.07, 6.45) is 3.07. The number of nitrogens with two attached hydrogens (primary N) is 3. The Morgan fingerprint density at radius 3 is 2.24 bits per heavy atom. The summed E-state index contributed by atoms with van der Waals surface area (Å²) in [5, 5.41) is 12.7. The van der Waals surface area contributed by atoms with Gasteiger partial charge in [-0.15, -0.1) is 0 Å². The molecule has 4 aromatic rings. The van der Waals surface area contributed by atoms with Gasteiger partial charge in [-0.2, -0.15) is 0 Å². The van der Waals surface area contributed by atoms with E-state index in [1.165, 1.54) is 0 Å². The number of aromatic amines is 1. The van der Waals surface area contributed by atoms with Crippen LogP contribution in [0.4, 0.5) is 0 Å². The number of carbonyl (C=O) groups excluding carboxylic acids is 4. The van der Waals surface area contributed by atoms with Crippen LogP contribution in [0.1, 0.15) is 35.1 Å². The maximum absolute atomic E-state index is 14.0. The molecule has 0 spiro atoms. The Kier molecular flexibility index (Phi) is 12.4. The van der Waals surface area contributed by atoms with Gasteiger partial charge < -0.3 is 43.5 Å². The van der Waals surface area contributed by atoms with Crippen molar-refractivity contribution < 1.29 is 19.2 Å². The zero-order valence-corrected chi connectivity index (χ0v) is 29.6. The van der Waals surface area contributed by atoms with E-state index in [0.717, 1.165) is 36.7 Å². The number of aliphatic imine (C=N–C) groups is 1. The van der Waals surface area contributed by atoms with Crippen LogP contribution < -0.4 is 38.5 Å². The molecule has 262 valence electrons. The van der Waals surface area contributed by atoms with E-state index in [1.54, 1.807) is 6.20 Å². The number of hydrogen-bond acceptors (Lipinski definition) is 6. The second-order valence-corrected chi connectivity index (χ2v) is 13.6. The standard InChI is InChI=1S/C36H42IN9O4/c37-25-13-11-21(12-14-25)16-31(46-34(49)30-17-22-6-1-2-7-23(22)19-43-30)35(50)44-28(10-5-15-41-36(39)40)33(48)45-29(32(38)47)18-24-20-42-27-9-4-3-8-26(24)27/h1-4,6-9,11-14,20,28-31,42-43H,5,10,15-19H2,(H2,38,47)(H,44,50)(H,45,48)(H,46,49)(H4,39,40,41)/t28-,29-,30-,31+/m0/s1. The van der Waals surface area contributed by atoms with Crippen molar-refractivity contribution in [2.75, 3.05) is 6.54 Å². The molecule has 2 heterocycles. The van der Waals surface area contributed by atoms with Crippen molar-refractivity contribution in [3.63, 3.8) is 0 Å². The molecule has 0 aliphatic carbocycles. The van der Waals surface area contributed by atoms with Gasteiger partial charge >= 0.3 is 0 Å². The van der Waals surface area contributed by atoms with E-state index in [-0.39, 0.29) is 37.7 Å². The lowest BCUT2D eigenvalue weighted by Gasteiger charge is -2.28. The molecule has 4 atom stereocenters. The van der Waals surface area contributed by atoms with E-state index in [1.807, 2.05) is 72.8 Å². The summed E-state index contributed by atoms with van der Waals surface area (Å²) in [4.78, 5) is 61.1. The van der Waals surface area contributed by atoms with Crippen LogP contribution in [0.3, 0.4) is 0 Å². The van der Waals surface area contributed by atoms with Gasteiger partial charge in [0, 0.05) is 46.6 Å². The SMILES string of the molecule is NC(=O)[C@H](Cc1c[nH]c2ccccc12)NC(=O)[C@H](CCCN=C(N)N)NC(=O)[C@@H](Cc1ccc(I)cc1)NC(=O)[C@@H]1Cc2ccccc2CN1. The van der Waals surface area contributed by atoms with E-state index in [9.17, 15) is 19.2 Å². The van der Waals surface area contributed by atoms with Gasteiger partial charge in [0.25, 0.3) is 0 Å². The fourth-order valence-corrected chi connectivity index (χ4v) is 6.40. The summed E-state index contributed by atoms with van der Waals surface area (Å²) >= 11 is 2.20. The molecule has 0 saturated heterocycles. The highest BCUT2D eigenvalue weighted by Crippen LogP contribution is 2.20. The van der Waals surface area contributed by atoms with E-state index in [4.69, 9.17) is 17.2 Å². The highest BCUT2D eigenvalue weighted by Gasteiger charge is 2.32. The van der Waals surface area contributed by atoms with Gasteiger partial charge in [-0.05, 0) is 82.3 Å². The number of nitrogens with one attached hydrogen (secondary N) is 5. The maximum atomic E-state index is 14.0. The van der Waals surface area contributed by atoms with Crippen LogP contribution in [0.2, 0.25) is 0 Å². The Morgan fingerprint density at radius 1 is 0.820 bits per heavy atom. The lowest BCUT2D eigenvalue weighted by molar-refractivity contribution is -0.133. The number of carbonyl (C=O) groups is 4. The molecule has 14 heteroatoms. The second kappa shape index (κ2) is 17.1. The average molecular weight is 792 g/mol. The second-order valence-electron chi connectivity index (χ2n) is 12.3. The number of hydrogen-bond donors (Lipinski definition) is 8. The molecule has 50 heavy (non-hydrogen) atoms. The lowest BCUT2D eigenvalue weighted by atomic mass is 9.95. The average Bonchev–Trinajstić information content (AvgIpc) is 3.51. The van der Waals surface area contributed by atoms with Crippen molar-refractivity contribution >= 4 is 63.1 Å². The first kappa shape index (κ1) is 36.3. The van der Waals surface area contributed by atoms with Crippen LogP contribution in [0.25, 0.3) is 10.9 Å². The number of primary amides is 1. The summed E-state index contributed by atoms with van der Waals surface area (Å²) < 4.78 is 1.02. The highest BCUT2D eigenvalue weighted by molar-refractivity contribution is 14.1. The van der Waals surface area contributed by atoms with Crippen molar-refractivity contribution in [3.05, 3.63) is 105 Å². The third-order valence-electron chi connectivity index (χ3n) is 8.72. The first-order valence-electron chi connectivity index (χ1n) is 16.4. The predicted molar refractivity (Wildman–Crippen MR) is 201 cm³/mol. The Hall–Kier alpha value is -4.96. The van der Waals surface area contributed by atoms with Crippen LogP contribution in [-0.2, 0) is 45.0 Å². The Morgan fingerprint density at radius 2 is 1.50 bits per heavy atom. The number of nitrogens with zero attached hydrogens (tertiary/aromatic N) is 1. The summed E-state index contributed by atoms with van der Waals surface area (Å²) in [5.74, 6) is -2.30.